The van der Waals surface area contributed by atoms with Gasteiger partial charge in [-0.25, -0.2) is 4.98 Å². The van der Waals surface area contributed by atoms with Gasteiger partial charge in [0, 0.05) is 30.9 Å². The van der Waals surface area contributed by atoms with Crippen LogP contribution >= 0.6 is 0 Å². The molecule has 0 atom stereocenters. The molecule has 0 aliphatic carbocycles. The minimum atomic E-state index is -0.374. The van der Waals surface area contributed by atoms with Gasteiger partial charge in [0.1, 0.15) is 0 Å². The number of nitrogens with one attached hydrogen (secondary N) is 1. The number of aryl methyl sites for hydroxylation is 1. The number of aromatic nitrogens is 1. The third-order valence-electron chi connectivity index (χ3n) is 3.68. The highest BCUT2D eigenvalue weighted by atomic mass is 16.6. The van der Waals surface area contributed by atoms with Crippen LogP contribution in [0.2, 0.25) is 0 Å². The van der Waals surface area contributed by atoms with Gasteiger partial charge in [0.2, 0.25) is 5.82 Å². The molecule has 110 valence electrons. The number of hydrogen-bond donors (Lipinski definition) is 1. The first-order valence-electron chi connectivity index (χ1n) is 7.21. The number of likely N-dealkylation sites (tertiary alicyclic amines) is 1. The Hall–Kier alpha value is -1.69. The topological polar surface area (TPSA) is 71.3 Å². The van der Waals surface area contributed by atoms with E-state index >= 15 is 0 Å². The summed E-state index contributed by atoms with van der Waals surface area (Å²) >= 11 is 0. The lowest BCUT2D eigenvalue weighted by atomic mass is 10.0. The van der Waals surface area contributed by atoms with E-state index in [4.69, 9.17) is 0 Å². The van der Waals surface area contributed by atoms with E-state index in [2.05, 4.69) is 22.1 Å². The van der Waals surface area contributed by atoms with E-state index in [9.17, 15) is 10.1 Å². The van der Waals surface area contributed by atoms with Crippen molar-refractivity contribution in [2.24, 2.45) is 0 Å². The van der Waals surface area contributed by atoms with Crippen LogP contribution in [0.25, 0.3) is 0 Å². The maximum Gasteiger partial charge on any atom is 0.311 e. The zero-order valence-corrected chi connectivity index (χ0v) is 12.1. The fourth-order valence-electron chi connectivity index (χ4n) is 2.61. The van der Waals surface area contributed by atoms with Crippen LogP contribution in [0.3, 0.4) is 0 Å². The average molecular weight is 278 g/mol. The van der Waals surface area contributed by atoms with Gasteiger partial charge in [-0.3, -0.25) is 10.1 Å². The van der Waals surface area contributed by atoms with Gasteiger partial charge in [0.05, 0.1) is 4.92 Å². The van der Waals surface area contributed by atoms with E-state index < -0.39 is 0 Å². The SMILES string of the molecule is CCCN1CCC(Nc2nc(C)ccc2[N+](=O)[O-])CC1. The molecule has 6 nitrogen and oxygen atoms in total. The molecule has 0 unspecified atom stereocenters. The predicted molar refractivity (Wildman–Crippen MR) is 79.0 cm³/mol. The molecule has 0 bridgehead atoms. The van der Waals surface area contributed by atoms with Crippen molar-refractivity contribution in [3.63, 3.8) is 0 Å². The van der Waals surface area contributed by atoms with Crippen molar-refractivity contribution in [3.05, 3.63) is 27.9 Å². The van der Waals surface area contributed by atoms with Crippen molar-refractivity contribution in [3.8, 4) is 0 Å². The van der Waals surface area contributed by atoms with Crippen LogP contribution in [0.15, 0.2) is 12.1 Å². The van der Waals surface area contributed by atoms with Gasteiger partial charge in [-0.05, 0) is 38.8 Å². The van der Waals surface area contributed by atoms with E-state index in [1.165, 1.54) is 12.5 Å². The highest BCUT2D eigenvalue weighted by Gasteiger charge is 2.22. The summed E-state index contributed by atoms with van der Waals surface area (Å²) in [4.78, 5) is 17.4. The van der Waals surface area contributed by atoms with E-state index in [0.29, 0.717) is 5.82 Å². The lowest BCUT2D eigenvalue weighted by molar-refractivity contribution is -0.384. The molecule has 1 saturated heterocycles. The Bertz CT molecular complexity index is 470. The smallest absolute Gasteiger partial charge is 0.311 e. The first-order valence-corrected chi connectivity index (χ1v) is 7.21. The molecule has 0 radical (unpaired) electrons. The molecule has 1 N–H and O–H groups in total. The molecule has 0 amide bonds. The van der Waals surface area contributed by atoms with Gasteiger partial charge in [-0.1, -0.05) is 6.92 Å². The molecule has 1 aliphatic rings. The van der Waals surface area contributed by atoms with Gasteiger partial charge >= 0.3 is 5.69 Å². The normalized spacial score (nSPS) is 17.1. The molecular weight excluding hydrogens is 256 g/mol. The lowest BCUT2D eigenvalue weighted by Gasteiger charge is -2.32. The second-order valence-corrected chi connectivity index (χ2v) is 5.34. The zero-order chi connectivity index (χ0) is 14.5. The number of piperidine rings is 1. The molecule has 2 rings (SSSR count). The average Bonchev–Trinajstić information content (AvgIpc) is 2.41. The number of rotatable bonds is 5. The van der Waals surface area contributed by atoms with Crippen LogP contribution in [0.4, 0.5) is 11.5 Å². The Kier molecular flexibility index (Phi) is 4.89. The molecule has 1 fully saturated rings. The van der Waals surface area contributed by atoms with Crippen LogP contribution in [-0.2, 0) is 0 Å². The number of pyridine rings is 1. The van der Waals surface area contributed by atoms with Crippen molar-refractivity contribution >= 4 is 11.5 Å². The molecule has 6 heteroatoms. The summed E-state index contributed by atoms with van der Waals surface area (Å²) in [7, 11) is 0. The monoisotopic (exact) mass is 278 g/mol. The third kappa shape index (κ3) is 3.66. The fraction of sp³-hybridized carbons (Fsp3) is 0.643. The van der Waals surface area contributed by atoms with Crippen molar-refractivity contribution in [2.75, 3.05) is 25.0 Å². The molecule has 1 aromatic rings. The standard InChI is InChI=1S/C14H22N4O2/c1-3-8-17-9-6-12(7-10-17)16-14-13(18(19)20)5-4-11(2)15-14/h4-5,12H,3,6-10H2,1-2H3,(H,15,16). The summed E-state index contributed by atoms with van der Waals surface area (Å²) in [6.07, 6.45) is 3.18. The molecule has 1 aromatic heterocycles. The summed E-state index contributed by atoms with van der Waals surface area (Å²) < 4.78 is 0. The predicted octanol–water partition coefficient (Wildman–Crippen LogP) is 2.58. The first-order chi connectivity index (χ1) is 9.60. The van der Waals surface area contributed by atoms with Gasteiger partial charge < -0.3 is 10.2 Å². The van der Waals surface area contributed by atoms with Crippen LogP contribution in [0.1, 0.15) is 31.9 Å². The van der Waals surface area contributed by atoms with E-state index in [1.54, 1.807) is 6.07 Å². The zero-order valence-electron chi connectivity index (χ0n) is 12.1. The van der Waals surface area contributed by atoms with E-state index in [0.717, 1.165) is 38.2 Å². The second kappa shape index (κ2) is 6.65. The van der Waals surface area contributed by atoms with Crippen LogP contribution < -0.4 is 5.32 Å². The Morgan fingerprint density at radius 2 is 2.15 bits per heavy atom. The quantitative estimate of drug-likeness (QED) is 0.662. The van der Waals surface area contributed by atoms with Crippen LogP contribution in [0.5, 0.6) is 0 Å². The largest absolute Gasteiger partial charge is 0.362 e. The maximum atomic E-state index is 11.0. The van der Waals surface area contributed by atoms with E-state index in [-0.39, 0.29) is 16.7 Å². The van der Waals surface area contributed by atoms with Crippen LogP contribution in [0, 0.1) is 17.0 Å². The maximum absolute atomic E-state index is 11.0. The van der Waals surface area contributed by atoms with E-state index in [1.807, 2.05) is 6.92 Å². The van der Waals surface area contributed by atoms with Crippen molar-refractivity contribution in [2.45, 2.75) is 39.2 Å². The molecule has 0 saturated carbocycles. The Labute approximate surface area is 119 Å². The summed E-state index contributed by atoms with van der Waals surface area (Å²) in [6.45, 7) is 7.26. The molecular formula is C14H22N4O2. The molecule has 0 spiro atoms. The number of anilines is 1. The molecule has 0 aromatic carbocycles. The van der Waals surface area contributed by atoms with Gasteiger partial charge in [0.25, 0.3) is 0 Å². The molecule has 20 heavy (non-hydrogen) atoms. The number of nitrogens with zero attached hydrogens (tertiary/aromatic N) is 3. The molecule has 1 aliphatic heterocycles. The van der Waals surface area contributed by atoms with Crippen molar-refractivity contribution in [1.82, 2.24) is 9.88 Å². The second-order valence-electron chi connectivity index (χ2n) is 5.34. The minimum Gasteiger partial charge on any atom is -0.362 e. The van der Waals surface area contributed by atoms with Gasteiger partial charge in [-0.15, -0.1) is 0 Å². The summed E-state index contributed by atoms with van der Waals surface area (Å²) in [5.74, 6) is 0.406. The third-order valence-corrected chi connectivity index (χ3v) is 3.68. The highest BCUT2D eigenvalue weighted by molar-refractivity contribution is 5.56. The minimum absolute atomic E-state index is 0.0617. The summed E-state index contributed by atoms with van der Waals surface area (Å²) in [6, 6.07) is 3.47. The first kappa shape index (κ1) is 14.7. The Morgan fingerprint density at radius 3 is 2.75 bits per heavy atom. The van der Waals surface area contributed by atoms with Gasteiger partial charge in [-0.2, -0.15) is 0 Å². The van der Waals surface area contributed by atoms with Crippen molar-refractivity contribution < 1.29 is 4.92 Å². The van der Waals surface area contributed by atoms with Gasteiger partial charge in [0.15, 0.2) is 0 Å². The van der Waals surface area contributed by atoms with Crippen molar-refractivity contribution in [1.29, 1.82) is 0 Å². The van der Waals surface area contributed by atoms with Crippen LogP contribution in [-0.4, -0.2) is 40.5 Å². The number of hydrogen-bond acceptors (Lipinski definition) is 5. The fourth-order valence-corrected chi connectivity index (χ4v) is 2.61. The highest BCUT2D eigenvalue weighted by Crippen LogP contribution is 2.24. The Balaban J connectivity index is 2.00. The Morgan fingerprint density at radius 1 is 1.45 bits per heavy atom. The molecule has 2 heterocycles. The summed E-state index contributed by atoms with van der Waals surface area (Å²) in [5.41, 5.74) is 0.855. The lowest BCUT2D eigenvalue weighted by Crippen LogP contribution is -2.39. The summed E-state index contributed by atoms with van der Waals surface area (Å²) in [5, 5.41) is 14.3. The number of nitro groups is 1.